The first kappa shape index (κ1) is 62.8. The van der Waals surface area contributed by atoms with E-state index >= 15 is 0 Å². The van der Waals surface area contributed by atoms with Crippen molar-refractivity contribution in [2.24, 2.45) is 0 Å². The van der Waals surface area contributed by atoms with E-state index < -0.39 is 6.10 Å². The maximum absolute atomic E-state index is 12.8. The van der Waals surface area contributed by atoms with Crippen molar-refractivity contribution >= 4 is 17.9 Å². The van der Waals surface area contributed by atoms with Crippen LogP contribution >= 0.6 is 0 Å². The highest BCUT2D eigenvalue weighted by molar-refractivity contribution is 5.71. The van der Waals surface area contributed by atoms with Gasteiger partial charge in [0.25, 0.3) is 0 Å². The third-order valence-corrected chi connectivity index (χ3v) is 12.0. The number of carbonyl (C=O) groups is 3. The quantitative estimate of drug-likeness (QED) is 0.0199. The molecule has 6 nitrogen and oxygen atoms in total. The van der Waals surface area contributed by atoms with Crippen LogP contribution in [0.15, 0.2) is 72.9 Å². The Morgan fingerprint density at radius 3 is 1.00 bits per heavy atom. The summed E-state index contributed by atoms with van der Waals surface area (Å²) in [4.78, 5) is 38.1. The zero-order valence-corrected chi connectivity index (χ0v) is 43.4. The molecule has 1 unspecified atom stereocenters. The van der Waals surface area contributed by atoms with Gasteiger partial charge in [-0.25, -0.2) is 0 Å². The minimum Gasteiger partial charge on any atom is -0.462 e. The number of hydrogen-bond acceptors (Lipinski definition) is 6. The first-order chi connectivity index (χ1) is 32.5. The van der Waals surface area contributed by atoms with E-state index in [-0.39, 0.29) is 31.1 Å². The van der Waals surface area contributed by atoms with Crippen molar-refractivity contribution in [3.63, 3.8) is 0 Å². The van der Waals surface area contributed by atoms with Gasteiger partial charge in [0, 0.05) is 19.3 Å². The molecular formula is C60H104O6. The SMILES string of the molecule is CCC\C=C/C=C\C=C/C=C\C=C/CCCCCCCC(=O)OC(COC(=O)CCCCCCC/C=C\CCCC)COC(=O)CCCCCCCCCCCCCCCCCCCCC. The molecule has 0 aromatic carbocycles. The molecule has 6 heteroatoms. The number of rotatable bonds is 50. The molecule has 0 fully saturated rings. The molecule has 0 aliphatic heterocycles. The van der Waals surface area contributed by atoms with Crippen molar-refractivity contribution < 1.29 is 28.6 Å². The molecule has 0 heterocycles. The van der Waals surface area contributed by atoms with Crippen LogP contribution in [-0.4, -0.2) is 37.2 Å². The van der Waals surface area contributed by atoms with E-state index in [4.69, 9.17) is 14.2 Å². The molecule has 0 aliphatic carbocycles. The summed E-state index contributed by atoms with van der Waals surface area (Å²) in [5, 5.41) is 0. The summed E-state index contributed by atoms with van der Waals surface area (Å²) in [6.45, 7) is 6.51. The number of ether oxygens (including phenoxy) is 3. The van der Waals surface area contributed by atoms with Crippen molar-refractivity contribution in [2.45, 2.75) is 277 Å². The van der Waals surface area contributed by atoms with Crippen LogP contribution in [0, 0.1) is 0 Å². The normalized spacial score (nSPS) is 12.6. The van der Waals surface area contributed by atoms with Crippen LogP contribution < -0.4 is 0 Å². The van der Waals surface area contributed by atoms with Gasteiger partial charge in [-0.3, -0.25) is 14.4 Å². The van der Waals surface area contributed by atoms with E-state index in [2.05, 4.69) is 69.4 Å². The lowest BCUT2D eigenvalue weighted by molar-refractivity contribution is -0.167. The standard InChI is InChI=1S/C60H104O6/c1-4-7-10-13-16-19-22-24-26-28-30-32-33-35-38-41-44-47-50-53-59(62)65-56-57(55-64-58(61)52-49-46-43-40-37-21-18-15-12-9-6-3)66-60(63)54-51-48-45-42-39-36-34-31-29-27-25-23-20-17-14-11-8-5-2/h11,14-15,17-18,20,23,25,27,29,31,34,57H,4-10,12-13,16,19,21-22,24,26,28,30,32-33,35-56H2,1-3H3/b14-11-,18-15-,20-17-,25-23-,29-27-,34-31-. The average molecular weight is 921 g/mol. The molecule has 0 aromatic rings. The first-order valence-electron chi connectivity index (χ1n) is 28.0. The van der Waals surface area contributed by atoms with Crippen LogP contribution in [0.1, 0.15) is 271 Å². The Hall–Kier alpha value is -3.15. The van der Waals surface area contributed by atoms with E-state index in [0.29, 0.717) is 19.3 Å². The van der Waals surface area contributed by atoms with E-state index in [1.54, 1.807) is 0 Å². The fourth-order valence-electron chi connectivity index (χ4n) is 7.81. The second-order valence-corrected chi connectivity index (χ2v) is 18.6. The number of unbranched alkanes of at least 4 members (excludes halogenated alkanes) is 31. The summed E-state index contributed by atoms with van der Waals surface area (Å²) >= 11 is 0. The van der Waals surface area contributed by atoms with Crippen LogP contribution in [0.5, 0.6) is 0 Å². The van der Waals surface area contributed by atoms with Crippen LogP contribution in [0.4, 0.5) is 0 Å². The van der Waals surface area contributed by atoms with Crippen LogP contribution in [0.3, 0.4) is 0 Å². The van der Waals surface area contributed by atoms with Crippen molar-refractivity contribution in [2.75, 3.05) is 13.2 Å². The first-order valence-corrected chi connectivity index (χ1v) is 28.0. The molecule has 0 spiro atoms. The number of carbonyl (C=O) groups excluding carboxylic acids is 3. The fourth-order valence-corrected chi connectivity index (χ4v) is 7.81. The van der Waals surface area contributed by atoms with Gasteiger partial charge in [-0.05, 0) is 57.8 Å². The molecule has 0 saturated carbocycles. The van der Waals surface area contributed by atoms with E-state index in [1.807, 2.05) is 24.3 Å². The van der Waals surface area contributed by atoms with Crippen molar-refractivity contribution in [1.29, 1.82) is 0 Å². The summed E-state index contributed by atoms with van der Waals surface area (Å²) in [6.07, 6.45) is 68.9. The maximum atomic E-state index is 12.8. The third kappa shape index (κ3) is 51.8. The topological polar surface area (TPSA) is 78.9 Å². The molecule has 0 N–H and O–H groups in total. The van der Waals surface area contributed by atoms with Gasteiger partial charge in [-0.1, -0.05) is 267 Å². The van der Waals surface area contributed by atoms with Gasteiger partial charge >= 0.3 is 17.9 Å². The lowest BCUT2D eigenvalue weighted by atomic mass is 10.0. The predicted molar refractivity (Wildman–Crippen MR) is 284 cm³/mol. The van der Waals surface area contributed by atoms with Gasteiger partial charge in [0.1, 0.15) is 13.2 Å². The smallest absolute Gasteiger partial charge is 0.306 e. The van der Waals surface area contributed by atoms with Crippen LogP contribution in [-0.2, 0) is 28.6 Å². The maximum Gasteiger partial charge on any atom is 0.306 e. The molecule has 0 aliphatic rings. The highest BCUT2D eigenvalue weighted by atomic mass is 16.6. The van der Waals surface area contributed by atoms with E-state index in [9.17, 15) is 14.4 Å². The number of esters is 3. The Bertz CT molecular complexity index is 1240. The fraction of sp³-hybridized carbons (Fsp3) is 0.750. The Labute approximate surface area is 408 Å². The van der Waals surface area contributed by atoms with E-state index in [1.165, 1.54) is 141 Å². The Morgan fingerprint density at radius 1 is 0.303 bits per heavy atom. The van der Waals surface area contributed by atoms with Gasteiger partial charge in [0.05, 0.1) is 0 Å². The summed E-state index contributed by atoms with van der Waals surface area (Å²) in [7, 11) is 0. The minimum atomic E-state index is -0.790. The molecule has 0 rings (SSSR count). The monoisotopic (exact) mass is 921 g/mol. The highest BCUT2D eigenvalue weighted by Gasteiger charge is 2.19. The second-order valence-electron chi connectivity index (χ2n) is 18.6. The molecule has 380 valence electrons. The Balaban J connectivity index is 4.37. The molecule has 66 heavy (non-hydrogen) atoms. The summed E-state index contributed by atoms with van der Waals surface area (Å²) < 4.78 is 16.8. The molecule has 0 radical (unpaired) electrons. The summed E-state index contributed by atoms with van der Waals surface area (Å²) in [6, 6.07) is 0. The molecular weight excluding hydrogens is 817 g/mol. The zero-order valence-electron chi connectivity index (χ0n) is 43.4. The van der Waals surface area contributed by atoms with Crippen LogP contribution in [0.2, 0.25) is 0 Å². The van der Waals surface area contributed by atoms with Gasteiger partial charge in [0.15, 0.2) is 6.10 Å². The van der Waals surface area contributed by atoms with Crippen molar-refractivity contribution in [1.82, 2.24) is 0 Å². The minimum absolute atomic E-state index is 0.0867. The highest BCUT2D eigenvalue weighted by Crippen LogP contribution is 2.16. The lowest BCUT2D eigenvalue weighted by Crippen LogP contribution is -2.30. The summed E-state index contributed by atoms with van der Waals surface area (Å²) in [5.41, 5.74) is 0. The predicted octanol–water partition coefficient (Wildman–Crippen LogP) is 18.6. The molecule has 0 aromatic heterocycles. The Kier molecular flexibility index (Phi) is 51.9. The largest absolute Gasteiger partial charge is 0.462 e. The van der Waals surface area contributed by atoms with Crippen LogP contribution in [0.25, 0.3) is 0 Å². The van der Waals surface area contributed by atoms with Gasteiger partial charge in [0.2, 0.25) is 0 Å². The third-order valence-electron chi connectivity index (χ3n) is 12.0. The zero-order chi connectivity index (χ0) is 47.9. The lowest BCUT2D eigenvalue weighted by Gasteiger charge is -2.18. The molecule has 0 bridgehead atoms. The summed E-state index contributed by atoms with van der Waals surface area (Å²) in [5.74, 6) is -0.914. The molecule has 0 saturated heterocycles. The number of allylic oxidation sites excluding steroid dienone is 12. The van der Waals surface area contributed by atoms with Gasteiger partial charge in [-0.2, -0.15) is 0 Å². The molecule has 0 amide bonds. The van der Waals surface area contributed by atoms with E-state index in [0.717, 1.165) is 89.9 Å². The Morgan fingerprint density at radius 2 is 0.606 bits per heavy atom. The van der Waals surface area contributed by atoms with Gasteiger partial charge < -0.3 is 14.2 Å². The van der Waals surface area contributed by atoms with Crippen molar-refractivity contribution in [3.05, 3.63) is 72.9 Å². The van der Waals surface area contributed by atoms with Crippen molar-refractivity contribution in [3.8, 4) is 0 Å². The molecule has 1 atom stereocenters. The number of hydrogen-bond donors (Lipinski definition) is 0. The average Bonchev–Trinajstić information content (AvgIpc) is 3.31. The second kappa shape index (κ2) is 54.5. The van der Waals surface area contributed by atoms with Gasteiger partial charge in [-0.15, -0.1) is 0 Å².